The largest absolute Gasteiger partial charge is 0.445 e. The number of hydrogen-bond acceptors (Lipinski definition) is 4. The van der Waals surface area contributed by atoms with Gasteiger partial charge in [0.25, 0.3) is 0 Å². The summed E-state index contributed by atoms with van der Waals surface area (Å²) in [5, 5.41) is 5.15. The summed E-state index contributed by atoms with van der Waals surface area (Å²) < 4.78 is 5.13. The van der Waals surface area contributed by atoms with Crippen LogP contribution in [0.15, 0.2) is 30.3 Å². The number of rotatable bonds is 8. The van der Waals surface area contributed by atoms with Gasteiger partial charge in [0.2, 0.25) is 12.2 Å². The molecule has 2 amide bonds. The van der Waals surface area contributed by atoms with Gasteiger partial charge in [0.05, 0.1) is 6.04 Å². The summed E-state index contributed by atoms with van der Waals surface area (Å²) in [5.74, 6) is -0.665. The predicted octanol–water partition coefficient (Wildman–Crippen LogP) is 2.19. The molecule has 0 saturated carbocycles. The van der Waals surface area contributed by atoms with E-state index in [0.717, 1.165) is 5.56 Å². The third-order valence-corrected chi connectivity index (χ3v) is 3.53. The molecule has 0 unspecified atom stereocenters. The van der Waals surface area contributed by atoms with Crippen LogP contribution in [0.2, 0.25) is 0 Å². The maximum Gasteiger partial charge on any atom is 0.408 e. The Kier molecular flexibility index (Phi) is 7.95. The summed E-state index contributed by atoms with van der Waals surface area (Å²) in [6.45, 7) is 7.34. The normalized spacial score (nSPS) is 13.2. The highest BCUT2D eigenvalue weighted by molar-refractivity contribution is 5.87. The van der Waals surface area contributed by atoms with Gasteiger partial charge in [-0.2, -0.15) is 0 Å². The van der Waals surface area contributed by atoms with E-state index in [0.29, 0.717) is 0 Å². The Bertz CT molecular complexity index is 543. The first-order chi connectivity index (χ1) is 11.3. The van der Waals surface area contributed by atoms with Gasteiger partial charge in [0, 0.05) is 0 Å². The fourth-order valence-electron chi connectivity index (χ4n) is 2.00. The number of benzene rings is 1. The molecular formula is C18H25N2O4. The minimum atomic E-state index is -0.789. The number of carbonyl (C=O) groups is 2. The predicted molar refractivity (Wildman–Crippen MR) is 90.9 cm³/mol. The molecule has 1 aromatic rings. The summed E-state index contributed by atoms with van der Waals surface area (Å²) in [7, 11) is 0. The molecule has 0 saturated heterocycles. The fraction of sp³-hybridized carbons (Fsp3) is 0.500. The van der Waals surface area contributed by atoms with E-state index in [4.69, 9.17) is 4.74 Å². The van der Waals surface area contributed by atoms with Crippen molar-refractivity contribution < 1.29 is 19.1 Å². The van der Waals surface area contributed by atoms with Crippen LogP contribution in [0, 0.1) is 11.8 Å². The number of nitrogens with one attached hydrogen (secondary N) is 2. The van der Waals surface area contributed by atoms with Crippen molar-refractivity contribution in [3.05, 3.63) is 35.9 Å². The van der Waals surface area contributed by atoms with Crippen LogP contribution in [0.5, 0.6) is 0 Å². The molecule has 0 spiro atoms. The second-order valence-corrected chi connectivity index (χ2v) is 6.28. The number of alkyl carbamates (subject to hydrolysis) is 1. The zero-order valence-corrected chi connectivity index (χ0v) is 14.5. The number of amides is 2. The first-order valence-electron chi connectivity index (χ1n) is 8.00. The summed E-state index contributed by atoms with van der Waals surface area (Å²) in [6.07, 6.45) is 1.12. The van der Waals surface area contributed by atoms with Crippen molar-refractivity contribution in [2.75, 3.05) is 0 Å². The molecule has 0 aromatic heterocycles. The van der Waals surface area contributed by atoms with Crippen molar-refractivity contribution in [2.24, 2.45) is 11.8 Å². The lowest BCUT2D eigenvalue weighted by Gasteiger charge is -2.24. The van der Waals surface area contributed by atoms with Crippen LogP contribution in [0.4, 0.5) is 4.79 Å². The molecule has 1 radical (unpaired) electrons. The van der Waals surface area contributed by atoms with Gasteiger partial charge < -0.3 is 15.4 Å². The Morgan fingerprint density at radius 1 is 1.04 bits per heavy atom. The van der Waals surface area contributed by atoms with Crippen molar-refractivity contribution in [1.29, 1.82) is 0 Å². The number of hydrogen-bond donors (Lipinski definition) is 2. The number of carbonyl (C=O) groups excluding carboxylic acids is 3. The Labute approximate surface area is 143 Å². The molecule has 24 heavy (non-hydrogen) atoms. The van der Waals surface area contributed by atoms with Crippen molar-refractivity contribution in [3.8, 4) is 0 Å². The first kappa shape index (κ1) is 19.7. The molecule has 131 valence electrons. The lowest BCUT2D eigenvalue weighted by atomic mass is 10.0. The van der Waals surface area contributed by atoms with Gasteiger partial charge in [-0.15, -0.1) is 0 Å². The summed E-state index contributed by atoms with van der Waals surface area (Å²) >= 11 is 0. The van der Waals surface area contributed by atoms with Crippen molar-refractivity contribution in [1.82, 2.24) is 10.6 Å². The van der Waals surface area contributed by atoms with E-state index in [-0.39, 0.29) is 18.4 Å². The standard InChI is InChI=1S/C18H25N2O4/c1-12(2)15(10-21)19-17(22)16(13(3)4)20-18(23)24-11-14-8-6-5-7-9-14/h5-9,12-13,15-16H,11H2,1-4H3,(H,19,22)(H,20,23)/t15-,16-/m1/s1. The van der Waals surface area contributed by atoms with Gasteiger partial charge >= 0.3 is 6.09 Å². The molecule has 0 aliphatic rings. The smallest absolute Gasteiger partial charge is 0.408 e. The van der Waals surface area contributed by atoms with Crippen LogP contribution in [-0.2, 0) is 20.9 Å². The summed E-state index contributed by atoms with van der Waals surface area (Å²) in [5.41, 5.74) is 0.855. The van der Waals surface area contributed by atoms with E-state index in [1.165, 1.54) is 0 Å². The molecule has 0 bridgehead atoms. The van der Waals surface area contributed by atoms with Crippen LogP contribution >= 0.6 is 0 Å². The third kappa shape index (κ3) is 6.40. The van der Waals surface area contributed by atoms with E-state index in [1.54, 1.807) is 20.1 Å². The minimum Gasteiger partial charge on any atom is -0.445 e. The lowest BCUT2D eigenvalue weighted by molar-refractivity contribution is -0.124. The van der Waals surface area contributed by atoms with Crippen molar-refractivity contribution in [3.63, 3.8) is 0 Å². The Morgan fingerprint density at radius 2 is 1.67 bits per heavy atom. The van der Waals surface area contributed by atoms with Crippen LogP contribution < -0.4 is 10.6 Å². The van der Waals surface area contributed by atoms with Crippen LogP contribution in [0.3, 0.4) is 0 Å². The highest BCUT2D eigenvalue weighted by Gasteiger charge is 2.27. The van der Waals surface area contributed by atoms with E-state index >= 15 is 0 Å². The highest BCUT2D eigenvalue weighted by Crippen LogP contribution is 2.06. The SMILES string of the molecule is CC(C)[C@@H]([C]=O)NC(=O)[C@H](NC(=O)OCc1ccccc1)C(C)C. The van der Waals surface area contributed by atoms with Gasteiger partial charge in [-0.3, -0.25) is 9.59 Å². The van der Waals surface area contributed by atoms with Crippen molar-refractivity contribution in [2.45, 2.75) is 46.4 Å². The minimum absolute atomic E-state index is 0.0794. The molecule has 0 fully saturated rings. The van der Waals surface area contributed by atoms with E-state index < -0.39 is 24.1 Å². The van der Waals surface area contributed by atoms with Gasteiger partial charge in [0.15, 0.2) is 0 Å². The molecular weight excluding hydrogens is 308 g/mol. The fourth-order valence-corrected chi connectivity index (χ4v) is 2.00. The molecule has 0 aliphatic carbocycles. The average Bonchev–Trinajstić information content (AvgIpc) is 2.55. The second-order valence-electron chi connectivity index (χ2n) is 6.28. The molecule has 1 aromatic carbocycles. The highest BCUT2D eigenvalue weighted by atomic mass is 16.5. The van der Waals surface area contributed by atoms with E-state index in [1.807, 2.05) is 44.2 Å². The summed E-state index contributed by atoms with van der Waals surface area (Å²) in [6, 6.07) is 7.76. The number of ether oxygens (including phenoxy) is 1. The van der Waals surface area contributed by atoms with Crippen LogP contribution in [0.25, 0.3) is 0 Å². The van der Waals surface area contributed by atoms with Gasteiger partial charge in [-0.05, 0) is 17.4 Å². The quantitative estimate of drug-likeness (QED) is 0.764. The monoisotopic (exact) mass is 333 g/mol. The molecule has 6 nitrogen and oxygen atoms in total. The van der Waals surface area contributed by atoms with E-state index in [9.17, 15) is 14.4 Å². The third-order valence-electron chi connectivity index (χ3n) is 3.53. The van der Waals surface area contributed by atoms with E-state index in [2.05, 4.69) is 10.6 Å². The van der Waals surface area contributed by atoms with Crippen LogP contribution in [0.1, 0.15) is 33.3 Å². The van der Waals surface area contributed by atoms with Gasteiger partial charge in [0.1, 0.15) is 12.6 Å². The second kappa shape index (κ2) is 9.70. The van der Waals surface area contributed by atoms with Gasteiger partial charge in [-0.25, -0.2) is 4.79 Å². The molecule has 6 heteroatoms. The zero-order valence-electron chi connectivity index (χ0n) is 14.5. The maximum atomic E-state index is 12.3. The Hall–Kier alpha value is -2.37. The Morgan fingerprint density at radius 3 is 2.17 bits per heavy atom. The summed E-state index contributed by atoms with van der Waals surface area (Å²) in [4.78, 5) is 35.1. The maximum absolute atomic E-state index is 12.3. The van der Waals surface area contributed by atoms with Crippen molar-refractivity contribution >= 4 is 18.3 Å². The first-order valence-corrected chi connectivity index (χ1v) is 8.00. The molecule has 2 atom stereocenters. The van der Waals surface area contributed by atoms with Gasteiger partial charge in [-0.1, -0.05) is 58.0 Å². The molecule has 0 aliphatic heterocycles. The molecule has 1 rings (SSSR count). The average molecular weight is 333 g/mol. The Balaban J connectivity index is 2.59. The lowest BCUT2D eigenvalue weighted by Crippen LogP contribution is -2.53. The van der Waals surface area contributed by atoms with Crippen LogP contribution in [-0.4, -0.2) is 30.4 Å². The molecule has 0 heterocycles. The topological polar surface area (TPSA) is 84.5 Å². The molecule has 2 N–H and O–H groups in total. The zero-order chi connectivity index (χ0) is 18.1.